The van der Waals surface area contributed by atoms with Crippen LogP contribution in [0.5, 0.6) is 0 Å². The number of aryl methyl sites for hydroxylation is 1. The molecule has 1 atom stereocenters. The third-order valence-corrected chi connectivity index (χ3v) is 5.88. The molecule has 1 aliphatic rings. The van der Waals surface area contributed by atoms with Crippen LogP contribution < -0.4 is 10.9 Å². The van der Waals surface area contributed by atoms with Gasteiger partial charge in [-0.2, -0.15) is 19.7 Å². The molecule has 166 valence electrons. The second-order valence-electron chi connectivity index (χ2n) is 9.35. The van der Waals surface area contributed by atoms with Crippen LogP contribution in [-0.4, -0.2) is 59.9 Å². The van der Waals surface area contributed by atoms with E-state index in [9.17, 15) is 4.79 Å². The summed E-state index contributed by atoms with van der Waals surface area (Å²) in [7, 11) is 0. The SMILES string of the molecule is Cc1cc(NCC2CCCCN2CCn2nc(C(C)(C)C)ccc2=O)n2ncnc2n1. The molecule has 0 aliphatic carbocycles. The molecule has 0 bridgehead atoms. The number of hydrogen-bond donors (Lipinski definition) is 1. The average molecular weight is 425 g/mol. The van der Waals surface area contributed by atoms with Crippen molar-refractivity contribution in [2.75, 3.05) is 25.0 Å². The summed E-state index contributed by atoms with van der Waals surface area (Å²) in [6, 6.07) is 5.87. The van der Waals surface area contributed by atoms with Crippen LogP contribution in [0.25, 0.3) is 5.78 Å². The molecule has 0 saturated carbocycles. The van der Waals surface area contributed by atoms with Gasteiger partial charge in [0.1, 0.15) is 12.1 Å². The Morgan fingerprint density at radius 3 is 2.84 bits per heavy atom. The smallest absolute Gasteiger partial charge is 0.266 e. The molecule has 4 heterocycles. The molecule has 9 heteroatoms. The maximum Gasteiger partial charge on any atom is 0.266 e. The molecule has 1 N–H and O–H groups in total. The van der Waals surface area contributed by atoms with E-state index in [0.29, 0.717) is 18.4 Å². The van der Waals surface area contributed by atoms with Crippen molar-refractivity contribution in [3.05, 3.63) is 46.3 Å². The largest absolute Gasteiger partial charge is 0.368 e. The van der Waals surface area contributed by atoms with Crippen LogP contribution in [0.3, 0.4) is 0 Å². The summed E-state index contributed by atoms with van der Waals surface area (Å²) in [5, 5.41) is 12.4. The number of piperidine rings is 1. The molecule has 0 amide bonds. The van der Waals surface area contributed by atoms with Gasteiger partial charge in [0.25, 0.3) is 11.3 Å². The maximum absolute atomic E-state index is 12.3. The van der Waals surface area contributed by atoms with E-state index in [1.807, 2.05) is 19.1 Å². The normalized spacial score (nSPS) is 17.9. The number of hydrogen-bond acceptors (Lipinski definition) is 7. The standard InChI is InChI=1S/C22H32N8O/c1-16-13-19(30-21(26-16)24-15-25-30)23-14-17-7-5-6-10-28(17)11-12-29-20(31)9-8-18(27-29)22(2,3)4/h8-9,13,15,17,23H,5-7,10-12,14H2,1-4H3. The molecule has 4 rings (SSSR count). The van der Waals surface area contributed by atoms with Gasteiger partial charge in [-0.25, -0.2) is 9.67 Å². The quantitative estimate of drug-likeness (QED) is 0.649. The first kappa shape index (κ1) is 21.4. The first-order valence-electron chi connectivity index (χ1n) is 11.1. The van der Waals surface area contributed by atoms with Crippen LogP contribution in [0.4, 0.5) is 5.82 Å². The average Bonchev–Trinajstić information content (AvgIpc) is 3.19. The third kappa shape index (κ3) is 4.92. The van der Waals surface area contributed by atoms with E-state index in [4.69, 9.17) is 0 Å². The molecule has 0 aromatic carbocycles. The lowest BCUT2D eigenvalue weighted by Crippen LogP contribution is -2.46. The highest BCUT2D eigenvalue weighted by Gasteiger charge is 2.23. The predicted molar refractivity (Wildman–Crippen MR) is 120 cm³/mol. The lowest BCUT2D eigenvalue weighted by molar-refractivity contribution is 0.147. The topological polar surface area (TPSA) is 93.2 Å². The summed E-state index contributed by atoms with van der Waals surface area (Å²) < 4.78 is 3.35. The molecule has 9 nitrogen and oxygen atoms in total. The Hall–Kier alpha value is -2.81. The van der Waals surface area contributed by atoms with Gasteiger partial charge in [-0.05, 0) is 32.4 Å². The van der Waals surface area contributed by atoms with Crippen LogP contribution in [0, 0.1) is 6.92 Å². The van der Waals surface area contributed by atoms with Crippen LogP contribution in [0.1, 0.15) is 51.4 Å². The number of likely N-dealkylation sites (tertiary alicyclic amines) is 1. The summed E-state index contributed by atoms with van der Waals surface area (Å²) >= 11 is 0. The zero-order chi connectivity index (χ0) is 22.0. The van der Waals surface area contributed by atoms with Gasteiger partial charge < -0.3 is 5.32 Å². The fourth-order valence-corrected chi connectivity index (χ4v) is 4.10. The van der Waals surface area contributed by atoms with Crippen molar-refractivity contribution >= 4 is 11.6 Å². The number of aromatic nitrogens is 6. The molecule has 1 fully saturated rings. The fourth-order valence-electron chi connectivity index (χ4n) is 4.10. The monoisotopic (exact) mass is 424 g/mol. The van der Waals surface area contributed by atoms with E-state index < -0.39 is 0 Å². The van der Waals surface area contributed by atoms with E-state index in [0.717, 1.165) is 43.3 Å². The second kappa shape index (κ2) is 8.74. The summed E-state index contributed by atoms with van der Waals surface area (Å²) in [6.45, 7) is 11.6. The molecule has 1 unspecified atom stereocenters. The molecular formula is C22H32N8O. The fraction of sp³-hybridized carbons (Fsp3) is 0.591. The van der Waals surface area contributed by atoms with Crippen molar-refractivity contribution in [2.24, 2.45) is 0 Å². The maximum atomic E-state index is 12.3. The predicted octanol–water partition coefficient (Wildman–Crippen LogP) is 2.25. The minimum absolute atomic E-state index is 0.0412. The molecule has 31 heavy (non-hydrogen) atoms. The van der Waals surface area contributed by atoms with Gasteiger partial charge in [0, 0.05) is 42.4 Å². The van der Waals surface area contributed by atoms with Crippen molar-refractivity contribution in [2.45, 2.75) is 65.0 Å². The zero-order valence-electron chi connectivity index (χ0n) is 18.9. The Kier molecular flexibility index (Phi) is 6.04. The van der Waals surface area contributed by atoms with E-state index in [1.54, 1.807) is 15.3 Å². The van der Waals surface area contributed by atoms with Gasteiger partial charge in [-0.1, -0.05) is 27.2 Å². The summed E-state index contributed by atoms with van der Waals surface area (Å²) in [4.78, 5) is 23.4. The number of nitrogens with zero attached hydrogens (tertiary/aromatic N) is 7. The van der Waals surface area contributed by atoms with Crippen molar-refractivity contribution in [1.82, 2.24) is 34.3 Å². The highest BCUT2D eigenvalue weighted by Crippen LogP contribution is 2.20. The molecule has 1 aliphatic heterocycles. The van der Waals surface area contributed by atoms with Crippen LogP contribution in [-0.2, 0) is 12.0 Å². The molecular weight excluding hydrogens is 392 g/mol. The number of anilines is 1. The van der Waals surface area contributed by atoms with Gasteiger partial charge in [0.05, 0.1) is 12.2 Å². The minimum atomic E-state index is -0.0810. The second-order valence-corrected chi connectivity index (χ2v) is 9.35. The summed E-state index contributed by atoms with van der Waals surface area (Å²) in [5.41, 5.74) is 1.73. The van der Waals surface area contributed by atoms with Crippen molar-refractivity contribution in [1.29, 1.82) is 0 Å². The summed E-state index contributed by atoms with van der Waals surface area (Å²) in [6.07, 6.45) is 5.05. The van der Waals surface area contributed by atoms with E-state index in [2.05, 4.69) is 51.2 Å². The first-order chi connectivity index (χ1) is 14.8. The van der Waals surface area contributed by atoms with Crippen molar-refractivity contribution < 1.29 is 0 Å². The molecule has 3 aromatic heterocycles. The summed E-state index contributed by atoms with van der Waals surface area (Å²) in [5.74, 6) is 1.51. The van der Waals surface area contributed by atoms with Gasteiger partial charge in [0.2, 0.25) is 0 Å². The third-order valence-electron chi connectivity index (χ3n) is 5.88. The zero-order valence-corrected chi connectivity index (χ0v) is 18.9. The highest BCUT2D eigenvalue weighted by atomic mass is 16.1. The Labute approximate surface area is 182 Å². The van der Waals surface area contributed by atoms with E-state index >= 15 is 0 Å². The minimum Gasteiger partial charge on any atom is -0.368 e. The highest BCUT2D eigenvalue weighted by molar-refractivity contribution is 5.44. The van der Waals surface area contributed by atoms with E-state index in [-0.39, 0.29) is 11.0 Å². The van der Waals surface area contributed by atoms with Gasteiger partial charge in [0.15, 0.2) is 0 Å². The number of nitrogens with one attached hydrogen (secondary N) is 1. The lowest BCUT2D eigenvalue weighted by atomic mass is 9.92. The Morgan fingerprint density at radius 1 is 1.19 bits per heavy atom. The first-order valence-corrected chi connectivity index (χ1v) is 11.1. The molecule has 3 aromatic rings. The number of rotatable bonds is 6. The van der Waals surface area contributed by atoms with Crippen LogP contribution in [0.15, 0.2) is 29.3 Å². The Bertz CT molecular complexity index is 1100. The number of fused-ring (bicyclic) bond motifs is 1. The van der Waals surface area contributed by atoms with Gasteiger partial charge in [-0.3, -0.25) is 9.69 Å². The van der Waals surface area contributed by atoms with Crippen molar-refractivity contribution in [3.63, 3.8) is 0 Å². The molecule has 0 spiro atoms. The van der Waals surface area contributed by atoms with E-state index in [1.165, 1.54) is 19.2 Å². The van der Waals surface area contributed by atoms with Crippen molar-refractivity contribution in [3.8, 4) is 0 Å². The van der Waals surface area contributed by atoms with Crippen LogP contribution >= 0.6 is 0 Å². The van der Waals surface area contributed by atoms with Gasteiger partial charge >= 0.3 is 0 Å². The van der Waals surface area contributed by atoms with Gasteiger partial charge in [-0.15, -0.1) is 0 Å². The molecule has 1 saturated heterocycles. The molecule has 0 radical (unpaired) electrons. The Morgan fingerprint density at radius 2 is 2.03 bits per heavy atom. The lowest BCUT2D eigenvalue weighted by Gasteiger charge is -2.36. The Balaban J connectivity index is 1.43. The van der Waals surface area contributed by atoms with Crippen LogP contribution in [0.2, 0.25) is 0 Å².